The summed E-state index contributed by atoms with van der Waals surface area (Å²) in [6.07, 6.45) is 2.09. The molecule has 17 heavy (non-hydrogen) atoms. The quantitative estimate of drug-likeness (QED) is 0.444. The van der Waals surface area contributed by atoms with Crippen molar-refractivity contribution in [1.29, 1.82) is 0 Å². The van der Waals surface area contributed by atoms with Crippen molar-refractivity contribution in [3.05, 3.63) is 0 Å². The molecule has 0 bridgehead atoms. The van der Waals surface area contributed by atoms with Gasteiger partial charge in [0.15, 0.2) is 0 Å². The Kier molecular flexibility index (Phi) is 9.50. The van der Waals surface area contributed by atoms with E-state index in [2.05, 4.69) is 0 Å². The summed E-state index contributed by atoms with van der Waals surface area (Å²) in [5.74, 6) is -1.95. The number of halogens is 2. The largest absolute Gasteiger partial charge is 0.465 e. The summed E-state index contributed by atoms with van der Waals surface area (Å²) in [6.45, 7) is 3.97. The number of rotatable bonds is 10. The van der Waals surface area contributed by atoms with Gasteiger partial charge in [-0.05, 0) is 18.6 Å². The molecular formula is C12H22F2O2S. The SMILES string of the molecule is CCCCOC(=O)CSCCCC(F)(F)CC. The highest BCUT2D eigenvalue weighted by Gasteiger charge is 2.24. The second-order valence-corrected chi connectivity index (χ2v) is 5.04. The third-order valence-electron chi connectivity index (χ3n) is 2.33. The molecule has 0 aliphatic carbocycles. The average Bonchev–Trinajstić information content (AvgIpc) is 2.29. The lowest BCUT2D eigenvalue weighted by molar-refractivity contribution is -0.140. The molecule has 0 saturated carbocycles. The number of unbranched alkanes of at least 4 members (excludes halogenated alkanes) is 1. The Morgan fingerprint density at radius 3 is 2.59 bits per heavy atom. The van der Waals surface area contributed by atoms with E-state index in [1.165, 1.54) is 18.7 Å². The molecule has 5 heteroatoms. The minimum Gasteiger partial charge on any atom is -0.465 e. The summed E-state index contributed by atoms with van der Waals surface area (Å²) in [7, 11) is 0. The normalized spacial score (nSPS) is 11.5. The van der Waals surface area contributed by atoms with E-state index >= 15 is 0 Å². The maximum absolute atomic E-state index is 12.8. The highest BCUT2D eigenvalue weighted by Crippen LogP contribution is 2.24. The Morgan fingerprint density at radius 1 is 1.29 bits per heavy atom. The molecule has 102 valence electrons. The van der Waals surface area contributed by atoms with Gasteiger partial charge in [-0.3, -0.25) is 4.79 Å². The summed E-state index contributed by atoms with van der Waals surface area (Å²) in [4.78, 5) is 11.1. The molecule has 0 spiro atoms. The molecule has 0 aliphatic rings. The van der Waals surface area contributed by atoms with Crippen LogP contribution in [0.25, 0.3) is 0 Å². The molecular weight excluding hydrogens is 246 g/mol. The molecule has 0 aliphatic heterocycles. The Hall–Kier alpha value is -0.320. The first-order valence-corrected chi connectivity index (χ1v) is 7.28. The first kappa shape index (κ1) is 16.7. The van der Waals surface area contributed by atoms with Crippen LogP contribution < -0.4 is 0 Å². The summed E-state index contributed by atoms with van der Waals surface area (Å²) in [5, 5.41) is 0. The van der Waals surface area contributed by atoms with E-state index in [9.17, 15) is 13.6 Å². The number of thioether (sulfide) groups is 1. The molecule has 0 aromatic heterocycles. The maximum atomic E-state index is 12.8. The van der Waals surface area contributed by atoms with Gasteiger partial charge in [-0.25, -0.2) is 8.78 Å². The smallest absolute Gasteiger partial charge is 0.315 e. The molecule has 0 N–H and O–H groups in total. The fourth-order valence-electron chi connectivity index (χ4n) is 1.14. The van der Waals surface area contributed by atoms with E-state index in [1.54, 1.807) is 0 Å². The van der Waals surface area contributed by atoms with E-state index in [1.807, 2.05) is 6.92 Å². The minimum atomic E-state index is -2.55. The van der Waals surface area contributed by atoms with Crippen LogP contribution in [0.3, 0.4) is 0 Å². The zero-order chi connectivity index (χ0) is 13.1. The molecule has 0 amide bonds. The first-order chi connectivity index (χ1) is 8.02. The number of hydrogen-bond donors (Lipinski definition) is 0. The van der Waals surface area contributed by atoms with Crippen LogP contribution in [0.5, 0.6) is 0 Å². The van der Waals surface area contributed by atoms with Gasteiger partial charge in [0.2, 0.25) is 5.92 Å². The standard InChI is InChI=1S/C12H22F2O2S/c1-3-5-8-16-11(15)10-17-9-6-7-12(13,14)4-2/h3-10H2,1-2H3. The highest BCUT2D eigenvalue weighted by molar-refractivity contribution is 7.99. The predicted octanol–water partition coefficient (Wildman–Crippen LogP) is 3.89. The molecule has 0 aromatic carbocycles. The Balaban J connectivity index is 3.36. The van der Waals surface area contributed by atoms with E-state index in [0.29, 0.717) is 18.8 Å². The van der Waals surface area contributed by atoms with Crippen molar-refractivity contribution in [1.82, 2.24) is 0 Å². The van der Waals surface area contributed by atoms with Gasteiger partial charge in [-0.1, -0.05) is 20.3 Å². The molecule has 0 rings (SSSR count). The molecule has 0 fully saturated rings. The molecule has 0 saturated heterocycles. The summed E-state index contributed by atoms with van der Waals surface area (Å²) in [5.41, 5.74) is 0. The molecule has 0 radical (unpaired) electrons. The van der Waals surface area contributed by atoms with Crippen LogP contribution in [0.2, 0.25) is 0 Å². The van der Waals surface area contributed by atoms with Crippen LogP contribution in [0.15, 0.2) is 0 Å². The lowest BCUT2D eigenvalue weighted by atomic mass is 10.1. The van der Waals surface area contributed by atoms with Crippen LogP contribution in [0.4, 0.5) is 8.78 Å². The third-order valence-corrected chi connectivity index (χ3v) is 3.35. The molecule has 0 heterocycles. The lowest BCUT2D eigenvalue weighted by Gasteiger charge is -2.12. The lowest BCUT2D eigenvalue weighted by Crippen LogP contribution is -2.14. The van der Waals surface area contributed by atoms with Crippen molar-refractivity contribution in [2.24, 2.45) is 0 Å². The number of carbonyl (C=O) groups is 1. The minimum absolute atomic E-state index is 0.0959. The van der Waals surface area contributed by atoms with Crippen molar-refractivity contribution in [3.63, 3.8) is 0 Å². The van der Waals surface area contributed by atoms with Crippen LogP contribution >= 0.6 is 11.8 Å². The fraction of sp³-hybridized carbons (Fsp3) is 0.917. The maximum Gasteiger partial charge on any atom is 0.315 e. The topological polar surface area (TPSA) is 26.3 Å². The van der Waals surface area contributed by atoms with Crippen molar-refractivity contribution < 1.29 is 18.3 Å². The molecule has 0 atom stereocenters. The zero-order valence-corrected chi connectivity index (χ0v) is 11.5. The zero-order valence-electron chi connectivity index (χ0n) is 10.6. The average molecular weight is 268 g/mol. The number of carbonyl (C=O) groups excluding carboxylic acids is 1. The second kappa shape index (κ2) is 9.68. The van der Waals surface area contributed by atoms with Crippen LogP contribution in [0, 0.1) is 0 Å². The van der Waals surface area contributed by atoms with Gasteiger partial charge < -0.3 is 4.74 Å². The Labute approximate surface area is 106 Å². The first-order valence-electron chi connectivity index (χ1n) is 6.13. The van der Waals surface area contributed by atoms with E-state index in [0.717, 1.165) is 12.8 Å². The van der Waals surface area contributed by atoms with Gasteiger partial charge in [0.1, 0.15) is 0 Å². The molecule has 0 aromatic rings. The van der Waals surface area contributed by atoms with Crippen LogP contribution in [-0.2, 0) is 9.53 Å². The second-order valence-electron chi connectivity index (χ2n) is 3.94. The van der Waals surface area contributed by atoms with E-state index < -0.39 is 5.92 Å². The third kappa shape index (κ3) is 10.5. The van der Waals surface area contributed by atoms with Crippen LogP contribution in [-0.4, -0.2) is 30.0 Å². The van der Waals surface area contributed by atoms with Crippen molar-refractivity contribution in [2.75, 3.05) is 18.1 Å². The number of ether oxygens (including phenoxy) is 1. The predicted molar refractivity (Wildman–Crippen MR) is 67.7 cm³/mol. The summed E-state index contributed by atoms with van der Waals surface area (Å²) >= 11 is 1.36. The van der Waals surface area contributed by atoms with Gasteiger partial charge >= 0.3 is 5.97 Å². The summed E-state index contributed by atoms with van der Waals surface area (Å²) in [6, 6.07) is 0. The van der Waals surface area contributed by atoms with Crippen molar-refractivity contribution in [3.8, 4) is 0 Å². The monoisotopic (exact) mass is 268 g/mol. The fourth-order valence-corrected chi connectivity index (χ4v) is 1.88. The number of esters is 1. The van der Waals surface area contributed by atoms with Gasteiger partial charge in [0, 0.05) is 12.8 Å². The van der Waals surface area contributed by atoms with Gasteiger partial charge in [0.05, 0.1) is 12.4 Å². The number of hydrogen-bond acceptors (Lipinski definition) is 3. The Bertz CT molecular complexity index is 211. The number of alkyl halides is 2. The van der Waals surface area contributed by atoms with Gasteiger partial charge in [0.25, 0.3) is 0 Å². The van der Waals surface area contributed by atoms with E-state index in [4.69, 9.17) is 4.74 Å². The molecule has 2 nitrogen and oxygen atoms in total. The van der Waals surface area contributed by atoms with E-state index in [-0.39, 0.29) is 24.6 Å². The highest BCUT2D eigenvalue weighted by atomic mass is 32.2. The summed E-state index contributed by atoms with van der Waals surface area (Å²) < 4.78 is 30.6. The van der Waals surface area contributed by atoms with Gasteiger partial charge in [-0.15, -0.1) is 0 Å². The van der Waals surface area contributed by atoms with Crippen molar-refractivity contribution >= 4 is 17.7 Å². The Morgan fingerprint density at radius 2 is 2.00 bits per heavy atom. The van der Waals surface area contributed by atoms with Crippen molar-refractivity contribution in [2.45, 2.75) is 51.9 Å². The molecule has 0 unspecified atom stereocenters. The van der Waals surface area contributed by atoms with Gasteiger partial charge in [-0.2, -0.15) is 11.8 Å². The van der Waals surface area contributed by atoms with Crippen LogP contribution in [0.1, 0.15) is 46.0 Å².